The minimum Gasteiger partial charge on any atom is -0.322 e. The van der Waals surface area contributed by atoms with Gasteiger partial charge in [0.15, 0.2) is 0 Å². The molecule has 2 aromatic rings. The van der Waals surface area contributed by atoms with E-state index < -0.39 is 0 Å². The summed E-state index contributed by atoms with van der Waals surface area (Å²) in [4.78, 5) is 0.804. The standard InChI is InChI=1S/C8H13N5S/c1-3-5(2)6(9)7-12-13-4-10-11-8(13)14-7/h4-6H,3,9H2,1-2H3. The van der Waals surface area contributed by atoms with Gasteiger partial charge in [0.1, 0.15) is 11.3 Å². The van der Waals surface area contributed by atoms with Gasteiger partial charge in [-0.1, -0.05) is 31.6 Å². The normalized spacial score (nSPS) is 15.9. The quantitative estimate of drug-likeness (QED) is 0.829. The van der Waals surface area contributed by atoms with Gasteiger partial charge < -0.3 is 5.73 Å². The molecular formula is C8H13N5S. The van der Waals surface area contributed by atoms with Crippen LogP contribution in [0.25, 0.3) is 4.96 Å². The summed E-state index contributed by atoms with van der Waals surface area (Å²) in [5.41, 5.74) is 6.06. The van der Waals surface area contributed by atoms with E-state index in [4.69, 9.17) is 5.73 Å². The lowest BCUT2D eigenvalue weighted by Crippen LogP contribution is -2.18. The third-order valence-electron chi connectivity index (χ3n) is 2.44. The number of aromatic nitrogens is 4. The van der Waals surface area contributed by atoms with E-state index in [1.807, 2.05) is 0 Å². The van der Waals surface area contributed by atoms with Crippen LogP contribution in [0, 0.1) is 5.92 Å². The maximum absolute atomic E-state index is 6.06. The summed E-state index contributed by atoms with van der Waals surface area (Å²) in [6, 6.07) is 0.00620. The van der Waals surface area contributed by atoms with E-state index in [2.05, 4.69) is 29.1 Å². The smallest absolute Gasteiger partial charge is 0.234 e. The van der Waals surface area contributed by atoms with Crippen LogP contribution in [0.1, 0.15) is 31.3 Å². The van der Waals surface area contributed by atoms with Crippen molar-refractivity contribution < 1.29 is 0 Å². The van der Waals surface area contributed by atoms with Gasteiger partial charge in [0.05, 0.1) is 6.04 Å². The van der Waals surface area contributed by atoms with Crippen LogP contribution in [0.4, 0.5) is 0 Å². The summed E-state index contributed by atoms with van der Waals surface area (Å²) in [5, 5.41) is 12.9. The van der Waals surface area contributed by atoms with E-state index in [1.165, 1.54) is 11.3 Å². The monoisotopic (exact) mass is 211 g/mol. The summed E-state index contributed by atoms with van der Waals surface area (Å²) in [7, 11) is 0. The first-order chi connectivity index (χ1) is 6.72. The fourth-order valence-corrected chi connectivity index (χ4v) is 2.16. The molecular weight excluding hydrogens is 198 g/mol. The van der Waals surface area contributed by atoms with E-state index in [0.717, 1.165) is 16.4 Å². The molecule has 2 unspecified atom stereocenters. The molecule has 0 spiro atoms. The van der Waals surface area contributed by atoms with Crippen molar-refractivity contribution in [2.45, 2.75) is 26.3 Å². The molecule has 0 aliphatic rings. The zero-order valence-electron chi connectivity index (χ0n) is 8.21. The topological polar surface area (TPSA) is 69.1 Å². The highest BCUT2D eigenvalue weighted by Crippen LogP contribution is 2.25. The van der Waals surface area contributed by atoms with Crippen LogP contribution in [-0.4, -0.2) is 19.8 Å². The van der Waals surface area contributed by atoms with Gasteiger partial charge in [-0.2, -0.15) is 9.61 Å². The Morgan fingerprint density at radius 1 is 1.64 bits per heavy atom. The van der Waals surface area contributed by atoms with Gasteiger partial charge in [-0.3, -0.25) is 0 Å². The molecule has 0 saturated heterocycles. The fraction of sp³-hybridized carbons (Fsp3) is 0.625. The van der Waals surface area contributed by atoms with Crippen molar-refractivity contribution >= 4 is 16.3 Å². The van der Waals surface area contributed by atoms with E-state index in [1.54, 1.807) is 10.8 Å². The zero-order chi connectivity index (χ0) is 10.1. The molecule has 0 saturated carbocycles. The highest BCUT2D eigenvalue weighted by Gasteiger charge is 2.18. The number of fused-ring (bicyclic) bond motifs is 1. The lowest BCUT2D eigenvalue weighted by molar-refractivity contribution is 0.452. The molecule has 0 amide bonds. The van der Waals surface area contributed by atoms with Gasteiger partial charge in [-0.05, 0) is 5.92 Å². The van der Waals surface area contributed by atoms with Crippen molar-refractivity contribution in [1.82, 2.24) is 19.8 Å². The summed E-state index contributed by atoms with van der Waals surface area (Å²) >= 11 is 1.51. The Hall–Kier alpha value is -1.01. The molecule has 0 bridgehead atoms. The number of rotatable bonds is 3. The van der Waals surface area contributed by atoms with Gasteiger partial charge in [0.2, 0.25) is 4.96 Å². The van der Waals surface area contributed by atoms with E-state index in [-0.39, 0.29) is 6.04 Å². The average molecular weight is 211 g/mol. The molecule has 6 heteroatoms. The molecule has 0 fully saturated rings. The van der Waals surface area contributed by atoms with Crippen LogP contribution in [0.2, 0.25) is 0 Å². The second-order valence-corrected chi connectivity index (χ2v) is 4.40. The first-order valence-electron chi connectivity index (χ1n) is 4.64. The predicted molar refractivity (Wildman–Crippen MR) is 55.0 cm³/mol. The Morgan fingerprint density at radius 3 is 3.07 bits per heavy atom. The summed E-state index contributed by atoms with van der Waals surface area (Å²) in [6.07, 6.45) is 2.65. The van der Waals surface area contributed by atoms with Crippen LogP contribution >= 0.6 is 11.3 Å². The first kappa shape index (κ1) is 9.54. The van der Waals surface area contributed by atoms with Crippen molar-refractivity contribution in [1.29, 1.82) is 0 Å². The molecule has 2 atom stereocenters. The van der Waals surface area contributed by atoms with Gasteiger partial charge in [0, 0.05) is 0 Å². The molecule has 76 valence electrons. The maximum Gasteiger partial charge on any atom is 0.234 e. The maximum atomic E-state index is 6.06. The Labute approximate surface area is 86.0 Å². The molecule has 14 heavy (non-hydrogen) atoms. The van der Waals surface area contributed by atoms with Crippen LogP contribution in [0.3, 0.4) is 0 Å². The van der Waals surface area contributed by atoms with Crippen molar-refractivity contribution in [2.24, 2.45) is 11.7 Å². The van der Waals surface area contributed by atoms with Crippen molar-refractivity contribution in [3.8, 4) is 0 Å². The molecule has 0 aromatic carbocycles. The average Bonchev–Trinajstić information content (AvgIpc) is 2.74. The summed E-state index contributed by atoms with van der Waals surface area (Å²) in [6.45, 7) is 4.26. The van der Waals surface area contributed by atoms with E-state index >= 15 is 0 Å². The molecule has 5 nitrogen and oxygen atoms in total. The van der Waals surface area contributed by atoms with Crippen molar-refractivity contribution in [2.75, 3.05) is 0 Å². The van der Waals surface area contributed by atoms with Crippen LogP contribution in [0.15, 0.2) is 6.33 Å². The van der Waals surface area contributed by atoms with E-state index in [9.17, 15) is 0 Å². The Morgan fingerprint density at radius 2 is 2.43 bits per heavy atom. The second-order valence-electron chi connectivity index (χ2n) is 3.41. The first-order valence-corrected chi connectivity index (χ1v) is 5.46. The van der Waals surface area contributed by atoms with Crippen molar-refractivity contribution in [3.63, 3.8) is 0 Å². The lowest BCUT2D eigenvalue weighted by atomic mass is 10.0. The number of hydrogen-bond donors (Lipinski definition) is 1. The van der Waals surface area contributed by atoms with Gasteiger partial charge in [-0.25, -0.2) is 0 Å². The summed E-state index contributed by atoms with van der Waals surface area (Å²) < 4.78 is 1.67. The van der Waals surface area contributed by atoms with Gasteiger partial charge >= 0.3 is 0 Å². The van der Waals surface area contributed by atoms with Crippen LogP contribution in [-0.2, 0) is 0 Å². The number of hydrogen-bond acceptors (Lipinski definition) is 5. The van der Waals surface area contributed by atoms with E-state index in [0.29, 0.717) is 5.92 Å². The number of nitrogens with two attached hydrogens (primary N) is 1. The molecule has 2 rings (SSSR count). The third-order valence-corrected chi connectivity index (χ3v) is 3.46. The molecule has 2 aromatic heterocycles. The molecule has 2 heterocycles. The SMILES string of the molecule is CCC(C)C(N)c1nn2cnnc2s1. The number of nitrogens with zero attached hydrogens (tertiary/aromatic N) is 4. The van der Waals surface area contributed by atoms with Gasteiger partial charge in [-0.15, -0.1) is 10.2 Å². The molecule has 0 aliphatic heterocycles. The summed E-state index contributed by atoms with van der Waals surface area (Å²) in [5.74, 6) is 0.443. The lowest BCUT2D eigenvalue weighted by Gasteiger charge is -2.14. The predicted octanol–water partition coefficient (Wildman–Crippen LogP) is 1.23. The van der Waals surface area contributed by atoms with Crippen molar-refractivity contribution in [3.05, 3.63) is 11.3 Å². The second kappa shape index (κ2) is 3.62. The minimum absolute atomic E-state index is 0.00620. The highest BCUT2D eigenvalue weighted by atomic mass is 32.1. The van der Waals surface area contributed by atoms with Crippen LogP contribution in [0.5, 0.6) is 0 Å². The Kier molecular flexibility index (Phi) is 2.47. The Balaban J connectivity index is 2.30. The molecule has 0 aliphatic carbocycles. The Bertz CT molecular complexity index is 391. The highest BCUT2D eigenvalue weighted by molar-refractivity contribution is 7.16. The zero-order valence-corrected chi connectivity index (χ0v) is 9.03. The third kappa shape index (κ3) is 1.51. The molecule has 0 radical (unpaired) electrons. The van der Waals surface area contributed by atoms with Gasteiger partial charge in [0.25, 0.3) is 0 Å². The molecule has 2 N–H and O–H groups in total. The fourth-order valence-electron chi connectivity index (χ4n) is 1.21. The largest absolute Gasteiger partial charge is 0.322 e. The van der Waals surface area contributed by atoms with Crippen LogP contribution < -0.4 is 5.73 Å². The minimum atomic E-state index is 0.00620.